The molecule has 15 nitrogen and oxygen atoms in total. The third-order valence-electron chi connectivity index (χ3n) is 9.73. The lowest BCUT2D eigenvalue weighted by Crippen LogP contribution is -2.28. The Kier molecular flexibility index (Phi) is 17.5. The molecule has 0 unspecified atom stereocenters. The number of rotatable bonds is 21. The molecule has 61 heavy (non-hydrogen) atoms. The minimum Gasteiger partial charge on any atom is -0.507 e. The van der Waals surface area contributed by atoms with E-state index in [1.54, 1.807) is 12.1 Å². The molecule has 0 atom stereocenters. The van der Waals surface area contributed by atoms with Crippen LogP contribution in [0.15, 0.2) is 54.6 Å². The number of hydrogen-bond acceptors (Lipinski definition) is 15. The monoisotopic (exact) mass is 841 g/mol. The number of anilines is 2. The molecular weight excluding hydrogens is 783 g/mol. The highest BCUT2D eigenvalue weighted by molar-refractivity contribution is 6.33. The Morgan fingerprint density at radius 3 is 1.59 bits per heavy atom. The van der Waals surface area contributed by atoms with Gasteiger partial charge < -0.3 is 66.0 Å². The molecule has 328 valence electrons. The maximum Gasteiger partial charge on any atom is 0.200 e. The number of ketones is 2. The Hall–Kier alpha value is -6.00. The zero-order valence-electron chi connectivity index (χ0n) is 35.4. The first-order valence-electron chi connectivity index (χ1n) is 20.9. The fourth-order valence-electron chi connectivity index (χ4n) is 7.11. The predicted molar refractivity (Wildman–Crippen MR) is 237 cm³/mol. The lowest BCUT2D eigenvalue weighted by molar-refractivity contribution is 0.0975. The molecule has 0 amide bonds. The molecule has 15 heteroatoms. The van der Waals surface area contributed by atoms with Crippen molar-refractivity contribution in [2.24, 2.45) is 0 Å². The summed E-state index contributed by atoms with van der Waals surface area (Å²) >= 11 is 0. The Bertz CT molecular complexity index is 2080. The van der Waals surface area contributed by atoms with Crippen molar-refractivity contribution < 1.29 is 49.0 Å². The summed E-state index contributed by atoms with van der Waals surface area (Å²) < 4.78 is 23.1. The number of aliphatic hydroxyl groups excluding tert-OH is 2. The third kappa shape index (κ3) is 11.4. The van der Waals surface area contributed by atoms with Crippen LogP contribution in [0.4, 0.5) is 11.4 Å². The van der Waals surface area contributed by atoms with E-state index >= 15 is 0 Å². The summed E-state index contributed by atoms with van der Waals surface area (Å²) in [7, 11) is 0. The van der Waals surface area contributed by atoms with Gasteiger partial charge in [-0.15, -0.1) is 0 Å². The van der Waals surface area contributed by atoms with Crippen LogP contribution in [0.2, 0.25) is 0 Å². The summed E-state index contributed by atoms with van der Waals surface area (Å²) in [6, 6.07) is 16.0. The maximum absolute atomic E-state index is 13.4. The molecule has 0 radical (unpaired) electrons. The van der Waals surface area contributed by atoms with Crippen molar-refractivity contribution in [1.29, 1.82) is 0 Å². The predicted octanol–water partition coefficient (Wildman–Crippen LogP) is 4.79. The SMILES string of the molecule is CCOc1ccc(/C=C2\NCCc3cc(OCC)c(OCC)cc32)cc1OCC.O=C1c2c(O)ccc(O)c2C(=O)c2c(NCCNCCO)ccc(NCCNCCO)c21. The molecule has 1 aliphatic heterocycles. The number of carbonyl (C=O) groups is 2. The first-order valence-corrected chi connectivity index (χ1v) is 20.9. The Balaban J connectivity index is 0.000000232. The van der Waals surface area contributed by atoms with E-state index in [2.05, 4.69) is 50.9 Å². The van der Waals surface area contributed by atoms with Crippen LogP contribution in [0, 0.1) is 0 Å². The molecule has 1 aliphatic carbocycles. The van der Waals surface area contributed by atoms with Crippen LogP contribution in [0.1, 0.15) is 76.2 Å². The zero-order chi connectivity index (χ0) is 43.7. The number of phenols is 2. The van der Waals surface area contributed by atoms with Gasteiger partial charge in [0.25, 0.3) is 0 Å². The van der Waals surface area contributed by atoms with Gasteiger partial charge in [-0.3, -0.25) is 9.59 Å². The van der Waals surface area contributed by atoms with Gasteiger partial charge in [0.1, 0.15) is 11.5 Å². The van der Waals surface area contributed by atoms with Gasteiger partial charge in [-0.1, -0.05) is 6.07 Å². The quantitative estimate of drug-likeness (QED) is 0.0359. The van der Waals surface area contributed by atoms with Crippen LogP contribution >= 0.6 is 0 Å². The molecule has 6 rings (SSSR count). The molecule has 0 fully saturated rings. The van der Waals surface area contributed by atoms with E-state index in [4.69, 9.17) is 29.2 Å². The van der Waals surface area contributed by atoms with Crippen LogP contribution in [-0.4, -0.2) is 117 Å². The number of benzene rings is 4. The highest BCUT2D eigenvalue weighted by Crippen LogP contribution is 2.42. The molecule has 0 saturated carbocycles. The standard InChI is InChI=1S/C24H31NO4.C22H28N4O6/c1-5-26-21-10-9-17(14-22(21)27-6-2)13-20-19-16-24(29-8-4)23(28-7-3)15-18(19)11-12-25-20;27-11-9-23-5-7-25-13-1-2-14(26-8-6-24-10-12-28)18-17(13)21(31)19-15(29)3-4-16(30)20(19)22(18)32/h9-10,13-16,25H,5-8,11-12H2,1-4H3;1-4,23-30H,5-12H2/b20-13-;. The Morgan fingerprint density at radius 2 is 1.08 bits per heavy atom. The lowest BCUT2D eigenvalue weighted by atomic mass is 9.81. The molecule has 0 aromatic heterocycles. The smallest absolute Gasteiger partial charge is 0.200 e. The van der Waals surface area contributed by atoms with E-state index in [9.17, 15) is 19.8 Å². The Labute approximate surface area is 357 Å². The van der Waals surface area contributed by atoms with Gasteiger partial charge in [-0.05, 0) is 99.8 Å². The first kappa shape index (κ1) is 46.1. The minimum atomic E-state index is -0.559. The van der Waals surface area contributed by atoms with Crippen molar-refractivity contribution in [1.82, 2.24) is 16.0 Å². The molecule has 0 spiro atoms. The van der Waals surface area contributed by atoms with Gasteiger partial charge in [0, 0.05) is 68.4 Å². The highest BCUT2D eigenvalue weighted by Gasteiger charge is 2.38. The normalized spacial score (nSPS) is 13.2. The van der Waals surface area contributed by atoms with Gasteiger partial charge in [-0.25, -0.2) is 0 Å². The minimum absolute atomic E-state index is 0.00939. The molecule has 0 bridgehead atoms. The van der Waals surface area contributed by atoms with E-state index in [0.717, 1.165) is 52.8 Å². The zero-order valence-corrected chi connectivity index (χ0v) is 35.4. The first-order chi connectivity index (χ1) is 29.7. The van der Waals surface area contributed by atoms with E-state index < -0.39 is 11.6 Å². The van der Waals surface area contributed by atoms with Crippen molar-refractivity contribution in [3.05, 3.63) is 93.5 Å². The number of aromatic hydroxyl groups is 2. The Morgan fingerprint density at radius 1 is 0.590 bits per heavy atom. The van der Waals surface area contributed by atoms with Crippen LogP contribution < -0.4 is 45.5 Å². The summed E-state index contributed by atoms with van der Waals surface area (Å²) in [6.45, 7) is 14.0. The van der Waals surface area contributed by atoms with E-state index in [0.29, 0.717) is 77.1 Å². The number of phenolic OH excluding ortho intramolecular Hbond substituents is 2. The number of fused-ring (bicyclic) bond motifs is 3. The van der Waals surface area contributed by atoms with E-state index in [1.807, 2.05) is 39.8 Å². The van der Waals surface area contributed by atoms with Gasteiger partial charge in [0.15, 0.2) is 23.0 Å². The van der Waals surface area contributed by atoms with Crippen molar-refractivity contribution in [3.8, 4) is 34.5 Å². The van der Waals surface area contributed by atoms with Gasteiger partial charge in [-0.2, -0.15) is 0 Å². The summed E-state index contributed by atoms with van der Waals surface area (Å²) in [5.74, 6) is 1.27. The van der Waals surface area contributed by atoms with Crippen molar-refractivity contribution in [2.45, 2.75) is 34.1 Å². The fourth-order valence-corrected chi connectivity index (χ4v) is 7.11. The van der Waals surface area contributed by atoms with Crippen molar-refractivity contribution in [2.75, 3.05) is 96.1 Å². The molecule has 1 heterocycles. The average Bonchev–Trinajstić information content (AvgIpc) is 3.25. The number of hydrogen-bond donors (Lipinski definition) is 9. The van der Waals surface area contributed by atoms with E-state index in [1.165, 1.54) is 17.7 Å². The van der Waals surface area contributed by atoms with Gasteiger partial charge >= 0.3 is 0 Å². The van der Waals surface area contributed by atoms with Crippen LogP contribution in [0.5, 0.6) is 34.5 Å². The van der Waals surface area contributed by atoms with Crippen LogP contribution in [0.25, 0.3) is 11.8 Å². The van der Waals surface area contributed by atoms with Gasteiger partial charge in [0.2, 0.25) is 11.6 Å². The number of nitrogens with one attached hydrogen (secondary N) is 5. The maximum atomic E-state index is 13.4. The van der Waals surface area contributed by atoms with Crippen molar-refractivity contribution >= 4 is 34.7 Å². The summed E-state index contributed by atoms with van der Waals surface area (Å²) in [4.78, 5) is 26.7. The second kappa shape index (κ2) is 23.1. The summed E-state index contributed by atoms with van der Waals surface area (Å²) in [5, 5.41) is 54.1. The third-order valence-corrected chi connectivity index (χ3v) is 9.73. The number of ether oxygens (including phenoxy) is 4. The average molecular weight is 842 g/mol. The second-order valence-corrected chi connectivity index (χ2v) is 13.9. The van der Waals surface area contributed by atoms with Crippen LogP contribution in [-0.2, 0) is 6.42 Å². The second-order valence-electron chi connectivity index (χ2n) is 13.9. The molecule has 0 saturated heterocycles. The summed E-state index contributed by atoms with van der Waals surface area (Å²) in [5.41, 5.74) is 5.21. The number of aliphatic hydroxyl groups is 2. The van der Waals surface area contributed by atoms with E-state index in [-0.39, 0.29) is 47.0 Å². The highest BCUT2D eigenvalue weighted by atomic mass is 16.5. The summed E-state index contributed by atoms with van der Waals surface area (Å²) in [6.07, 6.45) is 3.10. The fraction of sp³-hybridized carbons (Fsp3) is 0.391. The van der Waals surface area contributed by atoms with Crippen molar-refractivity contribution in [3.63, 3.8) is 0 Å². The number of carbonyl (C=O) groups excluding carboxylic acids is 2. The molecule has 2 aliphatic rings. The molecule has 9 N–H and O–H groups in total. The largest absolute Gasteiger partial charge is 0.507 e. The topological polar surface area (TPSA) is 212 Å². The molecular formula is C46H59N5O10. The lowest BCUT2D eigenvalue weighted by Gasteiger charge is -2.25. The van der Waals surface area contributed by atoms with Crippen LogP contribution in [0.3, 0.4) is 0 Å². The van der Waals surface area contributed by atoms with Gasteiger partial charge in [0.05, 0.1) is 61.9 Å². The molecule has 4 aromatic rings. The molecule has 4 aromatic carbocycles.